The first-order chi connectivity index (χ1) is 10.2. The maximum atomic E-state index is 13.3. The Kier molecular flexibility index (Phi) is 4.87. The summed E-state index contributed by atoms with van der Waals surface area (Å²) in [6.07, 6.45) is 5.17. The van der Waals surface area contributed by atoms with Gasteiger partial charge in [-0.25, -0.2) is 4.39 Å². The van der Waals surface area contributed by atoms with E-state index in [4.69, 9.17) is 10.5 Å². The molecule has 116 valence electrons. The highest BCUT2D eigenvalue weighted by atomic mass is 32.2. The highest BCUT2D eigenvalue weighted by Crippen LogP contribution is 2.40. The molecular weight excluding hydrogens is 285 g/mol. The van der Waals surface area contributed by atoms with Crippen LogP contribution in [0.15, 0.2) is 24.3 Å². The number of hydrogen-bond donors (Lipinski definition) is 1. The van der Waals surface area contributed by atoms with Gasteiger partial charge in [0.2, 0.25) is 0 Å². The van der Waals surface area contributed by atoms with Crippen LogP contribution in [0.4, 0.5) is 4.39 Å². The summed E-state index contributed by atoms with van der Waals surface area (Å²) in [7, 11) is 0. The van der Waals surface area contributed by atoms with Crippen molar-refractivity contribution in [2.45, 2.75) is 43.7 Å². The molecule has 4 heteroatoms. The molecule has 2 fully saturated rings. The number of ether oxygens (including phenoxy) is 1. The normalized spacial score (nSPS) is 26.7. The molecule has 0 saturated carbocycles. The Labute approximate surface area is 130 Å². The van der Waals surface area contributed by atoms with Gasteiger partial charge < -0.3 is 10.5 Å². The molecule has 1 spiro atoms. The molecule has 2 heterocycles. The van der Waals surface area contributed by atoms with Crippen molar-refractivity contribution in [3.05, 3.63) is 35.6 Å². The first-order valence-corrected chi connectivity index (χ1v) is 9.04. The maximum Gasteiger partial charge on any atom is 0.123 e. The van der Waals surface area contributed by atoms with Crippen LogP contribution in [-0.2, 0) is 11.2 Å². The molecule has 2 aliphatic heterocycles. The Balaban J connectivity index is 1.62. The lowest BCUT2D eigenvalue weighted by molar-refractivity contribution is -0.105. The van der Waals surface area contributed by atoms with Crippen molar-refractivity contribution in [1.82, 2.24) is 0 Å². The van der Waals surface area contributed by atoms with Gasteiger partial charge in [0, 0.05) is 12.6 Å². The van der Waals surface area contributed by atoms with Crippen LogP contribution in [0.5, 0.6) is 0 Å². The predicted molar refractivity (Wildman–Crippen MR) is 86.0 cm³/mol. The Morgan fingerprint density at radius 1 is 1.38 bits per heavy atom. The summed E-state index contributed by atoms with van der Waals surface area (Å²) in [4.78, 5) is 0. The van der Waals surface area contributed by atoms with Crippen LogP contribution < -0.4 is 5.73 Å². The van der Waals surface area contributed by atoms with Gasteiger partial charge in [-0.05, 0) is 67.2 Å². The van der Waals surface area contributed by atoms with E-state index < -0.39 is 0 Å². The highest BCUT2D eigenvalue weighted by molar-refractivity contribution is 7.99. The fourth-order valence-electron chi connectivity index (χ4n) is 3.63. The van der Waals surface area contributed by atoms with E-state index >= 15 is 0 Å². The average Bonchev–Trinajstić information content (AvgIpc) is 2.48. The predicted octanol–water partition coefficient (Wildman–Crippen LogP) is 3.39. The van der Waals surface area contributed by atoms with E-state index in [0.717, 1.165) is 44.3 Å². The van der Waals surface area contributed by atoms with Crippen molar-refractivity contribution in [1.29, 1.82) is 0 Å². The summed E-state index contributed by atoms with van der Waals surface area (Å²) in [5, 5.41) is 0. The summed E-state index contributed by atoms with van der Waals surface area (Å²) in [6.45, 7) is 0.826. The molecule has 0 aromatic heterocycles. The first-order valence-electron chi connectivity index (χ1n) is 7.89. The Bertz CT molecular complexity index is 470. The Morgan fingerprint density at radius 2 is 2.19 bits per heavy atom. The lowest BCUT2D eigenvalue weighted by Gasteiger charge is -2.44. The summed E-state index contributed by atoms with van der Waals surface area (Å²) in [6, 6.07) is 6.92. The lowest BCUT2D eigenvalue weighted by Crippen LogP contribution is -2.47. The molecule has 2 unspecified atom stereocenters. The van der Waals surface area contributed by atoms with Crippen LogP contribution in [0.2, 0.25) is 0 Å². The zero-order valence-electron chi connectivity index (χ0n) is 12.4. The number of hydrogen-bond acceptors (Lipinski definition) is 3. The summed E-state index contributed by atoms with van der Waals surface area (Å²) >= 11 is 2.02. The van der Waals surface area contributed by atoms with Crippen LogP contribution in [0.3, 0.4) is 0 Å². The fourth-order valence-corrected chi connectivity index (χ4v) is 4.86. The third kappa shape index (κ3) is 3.79. The minimum atomic E-state index is -0.174. The van der Waals surface area contributed by atoms with Crippen molar-refractivity contribution >= 4 is 11.8 Å². The number of nitrogens with two attached hydrogens (primary N) is 1. The maximum absolute atomic E-state index is 13.3. The second-order valence-electron chi connectivity index (χ2n) is 6.39. The van der Waals surface area contributed by atoms with E-state index in [9.17, 15) is 4.39 Å². The minimum absolute atomic E-state index is 0.0771. The van der Waals surface area contributed by atoms with Crippen LogP contribution in [0, 0.1) is 11.7 Å². The molecule has 2 aliphatic rings. The second kappa shape index (κ2) is 6.67. The molecule has 3 rings (SSSR count). The number of rotatable bonds is 3. The Morgan fingerprint density at radius 3 is 2.95 bits per heavy atom. The van der Waals surface area contributed by atoms with Crippen LogP contribution in [0.1, 0.15) is 31.2 Å². The zero-order chi connectivity index (χ0) is 14.7. The van der Waals surface area contributed by atoms with Crippen molar-refractivity contribution in [2.75, 3.05) is 18.1 Å². The van der Waals surface area contributed by atoms with E-state index in [1.807, 2.05) is 17.8 Å². The third-order valence-electron chi connectivity index (χ3n) is 4.90. The Hall–Kier alpha value is -0.580. The van der Waals surface area contributed by atoms with Crippen LogP contribution in [0.25, 0.3) is 0 Å². The van der Waals surface area contributed by atoms with Crippen LogP contribution >= 0.6 is 11.8 Å². The monoisotopic (exact) mass is 309 g/mol. The van der Waals surface area contributed by atoms with Crippen molar-refractivity contribution in [3.8, 4) is 0 Å². The largest absolute Gasteiger partial charge is 0.375 e. The number of thioether (sulfide) groups is 1. The van der Waals surface area contributed by atoms with Gasteiger partial charge in [-0.2, -0.15) is 11.8 Å². The molecule has 1 aromatic rings. The molecule has 21 heavy (non-hydrogen) atoms. The van der Waals surface area contributed by atoms with Gasteiger partial charge in [0.05, 0.1) is 5.60 Å². The van der Waals surface area contributed by atoms with Gasteiger partial charge in [-0.15, -0.1) is 0 Å². The van der Waals surface area contributed by atoms with Gasteiger partial charge in [-0.1, -0.05) is 12.1 Å². The third-order valence-corrected chi connectivity index (χ3v) is 5.89. The quantitative estimate of drug-likeness (QED) is 0.929. The number of benzene rings is 1. The van der Waals surface area contributed by atoms with Gasteiger partial charge in [0.15, 0.2) is 0 Å². The first kappa shape index (κ1) is 15.3. The molecule has 1 aromatic carbocycles. The highest BCUT2D eigenvalue weighted by Gasteiger charge is 2.40. The smallest absolute Gasteiger partial charge is 0.123 e. The van der Waals surface area contributed by atoms with Crippen molar-refractivity contribution < 1.29 is 9.13 Å². The fraction of sp³-hybridized carbons (Fsp3) is 0.647. The molecule has 0 amide bonds. The molecule has 0 radical (unpaired) electrons. The molecule has 2 nitrogen and oxygen atoms in total. The molecule has 2 atom stereocenters. The summed E-state index contributed by atoms with van der Waals surface area (Å²) in [5.41, 5.74) is 7.52. The van der Waals surface area contributed by atoms with E-state index in [1.165, 1.54) is 17.6 Å². The summed E-state index contributed by atoms with van der Waals surface area (Å²) < 4.78 is 19.4. The van der Waals surface area contributed by atoms with Gasteiger partial charge in [0.25, 0.3) is 0 Å². The van der Waals surface area contributed by atoms with Crippen molar-refractivity contribution in [3.63, 3.8) is 0 Å². The van der Waals surface area contributed by atoms with E-state index in [-0.39, 0.29) is 17.5 Å². The molecular formula is C17H24FNOS. The van der Waals surface area contributed by atoms with Crippen LogP contribution in [-0.4, -0.2) is 29.8 Å². The average molecular weight is 309 g/mol. The van der Waals surface area contributed by atoms with Gasteiger partial charge in [-0.3, -0.25) is 0 Å². The molecule has 0 aliphatic carbocycles. The van der Waals surface area contributed by atoms with E-state index in [1.54, 1.807) is 12.1 Å². The van der Waals surface area contributed by atoms with Gasteiger partial charge in [0.1, 0.15) is 5.82 Å². The minimum Gasteiger partial charge on any atom is -0.375 e. The van der Waals surface area contributed by atoms with E-state index in [0.29, 0.717) is 5.92 Å². The SMILES string of the molecule is NC(Cc1cccc(F)c1)C1CCOC2(CCSCC2)C1. The molecule has 0 bridgehead atoms. The number of halogens is 1. The topological polar surface area (TPSA) is 35.2 Å². The van der Waals surface area contributed by atoms with Crippen molar-refractivity contribution in [2.24, 2.45) is 11.7 Å². The molecule has 2 N–H and O–H groups in total. The summed E-state index contributed by atoms with van der Waals surface area (Å²) in [5.74, 6) is 2.72. The van der Waals surface area contributed by atoms with E-state index in [2.05, 4.69) is 0 Å². The standard InChI is InChI=1S/C17H24FNOS/c18-15-3-1-2-13(10-15)11-16(19)14-4-7-20-17(12-14)5-8-21-9-6-17/h1-3,10,14,16H,4-9,11-12,19H2. The van der Waals surface area contributed by atoms with Gasteiger partial charge >= 0.3 is 0 Å². The second-order valence-corrected chi connectivity index (χ2v) is 7.62. The molecule has 2 saturated heterocycles. The zero-order valence-corrected chi connectivity index (χ0v) is 13.2. The lowest BCUT2D eigenvalue weighted by atomic mass is 9.77.